The van der Waals surface area contributed by atoms with Crippen LogP contribution in [-0.2, 0) is 0 Å². The van der Waals surface area contributed by atoms with Crippen molar-refractivity contribution in [1.29, 1.82) is 0 Å². The van der Waals surface area contributed by atoms with E-state index in [1.807, 2.05) is 4.90 Å². The Hall–Kier alpha value is -1.55. The number of nitrogens with two attached hydrogens (primary N) is 1. The highest BCUT2D eigenvalue weighted by molar-refractivity contribution is 5.94. The largest absolute Gasteiger partial charge is 0.508 e. The van der Waals surface area contributed by atoms with Gasteiger partial charge in [-0.1, -0.05) is 12.5 Å². The van der Waals surface area contributed by atoms with Crippen molar-refractivity contribution in [2.75, 3.05) is 13.1 Å². The normalized spacial score (nSPS) is 30.2. The first-order chi connectivity index (χ1) is 9.15. The van der Waals surface area contributed by atoms with E-state index >= 15 is 0 Å². The molecule has 0 spiro atoms. The second-order valence-electron chi connectivity index (χ2n) is 5.78. The second-order valence-corrected chi connectivity index (χ2v) is 5.78. The molecule has 1 aromatic carbocycles. The van der Waals surface area contributed by atoms with Gasteiger partial charge in [0.25, 0.3) is 5.91 Å². The quantitative estimate of drug-likeness (QED) is 0.806. The summed E-state index contributed by atoms with van der Waals surface area (Å²) in [5.41, 5.74) is 6.73. The van der Waals surface area contributed by atoms with Crippen molar-refractivity contribution in [3.8, 4) is 5.75 Å². The fourth-order valence-corrected chi connectivity index (χ4v) is 3.50. The average molecular weight is 260 g/mol. The molecule has 1 amide bonds. The molecule has 0 bridgehead atoms. The summed E-state index contributed by atoms with van der Waals surface area (Å²) in [5.74, 6) is 1.16. The second kappa shape index (κ2) is 4.85. The maximum atomic E-state index is 12.4. The molecule has 1 heterocycles. The minimum Gasteiger partial charge on any atom is -0.508 e. The molecule has 4 nitrogen and oxygen atoms in total. The maximum Gasteiger partial charge on any atom is 0.254 e. The standard InChI is InChI=1S/C15H20N2O2/c16-14-6-2-4-11-8-17(9-13(11)14)15(19)10-3-1-5-12(18)7-10/h1,3,5,7,11,13-14,18H,2,4,6,8-9,16H2. The number of likely N-dealkylation sites (tertiary alicyclic amines) is 1. The molecule has 1 saturated carbocycles. The summed E-state index contributed by atoms with van der Waals surface area (Å²) < 4.78 is 0. The Kier molecular flexibility index (Phi) is 3.19. The van der Waals surface area contributed by atoms with E-state index in [2.05, 4.69) is 0 Å². The zero-order valence-corrected chi connectivity index (χ0v) is 11.0. The van der Waals surface area contributed by atoms with E-state index in [1.165, 1.54) is 18.9 Å². The summed E-state index contributed by atoms with van der Waals surface area (Å²) in [6.45, 7) is 1.58. The first-order valence-electron chi connectivity index (χ1n) is 6.99. The van der Waals surface area contributed by atoms with E-state index in [9.17, 15) is 9.90 Å². The third-order valence-electron chi connectivity index (χ3n) is 4.53. The predicted molar refractivity (Wildman–Crippen MR) is 72.8 cm³/mol. The molecule has 1 aromatic rings. The average Bonchev–Trinajstić information content (AvgIpc) is 2.83. The number of phenolic OH excluding ortho intramolecular Hbond substituents is 1. The third-order valence-corrected chi connectivity index (χ3v) is 4.53. The first kappa shape index (κ1) is 12.5. The summed E-state index contributed by atoms with van der Waals surface area (Å²) in [7, 11) is 0. The van der Waals surface area contributed by atoms with Crippen LogP contribution in [0.25, 0.3) is 0 Å². The minimum atomic E-state index is 0.0116. The zero-order chi connectivity index (χ0) is 13.4. The van der Waals surface area contributed by atoms with E-state index in [1.54, 1.807) is 18.2 Å². The molecule has 1 saturated heterocycles. The fourth-order valence-electron chi connectivity index (χ4n) is 3.50. The summed E-state index contributed by atoms with van der Waals surface area (Å²) in [5, 5.41) is 9.46. The highest BCUT2D eigenvalue weighted by Crippen LogP contribution is 2.36. The number of rotatable bonds is 1. The Bertz CT molecular complexity index is 489. The van der Waals surface area contributed by atoms with E-state index in [4.69, 9.17) is 5.73 Å². The molecule has 19 heavy (non-hydrogen) atoms. The van der Waals surface area contributed by atoms with Gasteiger partial charge in [-0.25, -0.2) is 0 Å². The molecular weight excluding hydrogens is 240 g/mol. The Labute approximate surface area is 113 Å². The predicted octanol–water partition coefficient (Wildman–Crippen LogP) is 1.59. The maximum absolute atomic E-state index is 12.4. The topological polar surface area (TPSA) is 66.6 Å². The van der Waals surface area contributed by atoms with Gasteiger partial charge in [-0.15, -0.1) is 0 Å². The molecule has 3 unspecified atom stereocenters. The monoisotopic (exact) mass is 260 g/mol. The molecule has 102 valence electrons. The molecular formula is C15H20N2O2. The number of carbonyl (C=O) groups is 1. The Morgan fingerprint density at radius 2 is 2.16 bits per heavy atom. The third kappa shape index (κ3) is 2.32. The van der Waals surface area contributed by atoms with Crippen molar-refractivity contribution in [3.05, 3.63) is 29.8 Å². The van der Waals surface area contributed by atoms with Crippen LogP contribution in [0.15, 0.2) is 24.3 Å². The summed E-state index contributed by atoms with van der Waals surface area (Å²) in [6, 6.07) is 6.81. The number of benzene rings is 1. The highest BCUT2D eigenvalue weighted by Gasteiger charge is 2.40. The molecule has 0 aromatic heterocycles. The van der Waals surface area contributed by atoms with E-state index < -0.39 is 0 Å². The van der Waals surface area contributed by atoms with E-state index in [0.717, 1.165) is 19.5 Å². The van der Waals surface area contributed by atoms with Gasteiger partial charge >= 0.3 is 0 Å². The van der Waals surface area contributed by atoms with Crippen LogP contribution in [0, 0.1) is 11.8 Å². The number of hydrogen-bond acceptors (Lipinski definition) is 3. The van der Waals surface area contributed by atoms with E-state index in [0.29, 0.717) is 17.4 Å². The van der Waals surface area contributed by atoms with Crippen LogP contribution in [-0.4, -0.2) is 35.0 Å². The van der Waals surface area contributed by atoms with Gasteiger partial charge in [-0.05, 0) is 42.9 Å². The minimum absolute atomic E-state index is 0.0116. The zero-order valence-electron chi connectivity index (χ0n) is 11.0. The number of hydrogen-bond donors (Lipinski definition) is 2. The van der Waals surface area contributed by atoms with Gasteiger partial charge in [-0.2, -0.15) is 0 Å². The molecule has 3 rings (SSSR count). The molecule has 1 aliphatic heterocycles. The van der Waals surface area contributed by atoms with Crippen molar-refractivity contribution in [1.82, 2.24) is 4.90 Å². The number of phenols is 1. The van der Waals surface area contributed by atoms with Crippen LogP contribution in [0.3, 0.4) is 0 Å². The molecule has 3 N–H and O–H groups in total. The number of carbonyl (C=O) groups excluding carboxylic acids is 1. The van der Waals surface area contributed by atoms with Gasteiger partial charge in [0.1, 0.15) is 5.75 Å². The van der Waals surface area contributed by atoms with Gasteiger partial charge in [0.15, 0.2) is 0 Å². The number of aromatic hydroxyl groups is 1. The van der Waals surface area contributed by atoms with Crippen LogP contribution >= 0.6 is 0 Å². The van der Waals surface area contributed by atoms with Crippen molar-refractivity contribution >= 4 is 5.91 Å². The SMILES string of the molecule is NC1CCCC2CN(C(=O)c3cccc(O)c3)CC12. The van der Waals surface area contributed by atoms with Gasteiger partial charge in [0.05, 0.1) is 0 Å². The van der Waals surface area contributed by atoms with Crippen molar-refractivity contribution in [2.24, 2.45) is 17.6 Å². The van der Waals surface area contributed by atoms with E-state index in [-0.39, 0.29) is 17.7 Å². The summed E-state index contributed by atoms with van der Waals surface area (Å²) >= 11 is 0. The molecule has 0 radical (unpaired) electrons. The molecule has 4 heteroatoms. The van der Waals surface area contributed by atoms with Gasteiger partial charge in [-0.3, -0.25) is 4.79 Å². The lowest BCUT2D eigenvalue weighted by atomic mass is 9.78. The molecule has 3 atom stereocenters. The Morgan fingerprint density at radius 1 is 1.32 bits per heavy atom. The smallest absolute Gasteiger partial charge is 0.254 e. The lowest BCUT2D eigenvalue weighted by Crippen LogP contribution is -2.38. The van der Waals surface area contributed by atoms with Crippen molar-refractivity contribution in [3.63, 3.8) is 0 Å². The van der Waals surface area contributed by atoms with Gasteiger partial charge < -0.3 is 15.7 Å². The summed E-state index contributed by atoms with van der Waals surface area (Å²) in [4.78, 5) is 14.3. The Balaban J connectivity index is 1.75. The highest BCUT2D eigenvalue weighted by atomic mass is 16.3. The number of fused-ring (bicyclic) bond motifs is 1. The van der Waals surface area contributed by atoms with Crippen molar-refractivity contribution < 1.29 is 9.90 Å². The number of nitrogens with zero attached hydrogens (tertiary/aromatic N) is 1. The van der Waals surface area contributed by atoms with Crippen LogP contribution < -0.4 is 5.73 Å². The Morgan fingerprint density at radius 3 is 2.89 bits per heavy atom. The van der Waals surface area contributed by atoms with Crippen LogP contribution in [0.4, 0.5) is 0 Å². The molecule has 1 aliphatic carbocycles. The summed E-state index contributed by atoms with van der Waals surface area (Å²) in [6.07, 6.45) is 3.44. The van der Waals surface area contributed by atoms with Gasteiger partial charge in [0.2, 0.25) is 0 Å². The molecule has 2 fully saturated rings. The lowest BCUT2D eigenvalue weighted by molar-refractivity contribution is 0.0783. The van der Waals surface area contributed by atoms with Crippen molar-refractivity contribution in [2.45, 2.75) is 25.3 Å². The van der Waals surface area contributed by atoms with Gasteiger partial charge in [0, 0.05) is 24.7 Å². The molecule has 2 aliphatic rings. The van der Waals surface area contributed by atoms with Crippen LogP contribution in [0.5, 0.6) is 5.75 Å². The van der Waals surface area contributed by atoms with Crippen LogP contribution in [0.2, 0.25) is 0 Å². The van der Waals surface area contributed by atoms with Crippen LogP contribution in [0.1, 0.15) is 29.6 Å². The first-order valence-corrected chi connectivity index (χ1v) is 6.99. The lowest BCUT2D eigenvalue weighted by Gasteiger charge is -2.29. The fraction of sp³-hybridized carbons (Fsp3) is 0.533. The number of amides is 1.